The topological polar surface area (TPSA) is 99.8 Å². The number of carbonyl (C=O) groups excluding carboxylic acids is 3. The molecule has 9 rings (SSSR count). The molecule has 8 heteroatoms. The van der Waals surface area contributed by atoms with Crippen molar-refractivity contribution in [3.8, 4) is 0 Å². The van der Waals surface area contributed by atoms with Gasteiger partial charge in [0.05, 0.1) is 6.54 Å². The SMILES string of the molecule is CC(C)CCCC(C)C1CCC2C3CC=C4CC(OC(=O)CNCCN5C(=O)c6ccc7c8c(ccc(c68)C5=O)NC5CCCCC5N7)CC[C@]4(C)C3CC[C@]12C. The number of benzene rings is 2. The molecule has 0 bridgehead atoms. The van der Waals surface area contributed by atoms with Gasteiger partial charge in [0.25, 0.3) is 11.8 Å². The van der Waals surface area contributed by atoms with Crippen LogP contribution in [0.4, 0.5) is 11.4 Å². The van der Waals surface area contributed by atoms with Gasteiger partial charge >= 0.3 is 5.97 Å². The normalized spacial score (nSPS) is 34.6. The molecule has 0 radical (unpaired) electrons. The number of imide groups is 1. The molecule has 0 spiro atoms. The van der Waals surface area contributed by atoms with Crippen molar-refractivity contribution in [1.82, 2.24) is 10.2 Å². The van der Waals surface area contributed by atoms with E-state index < -0.39 is 0 Å². The molecule has 3 N–H and O–H groups in total. The van der Waals surface area contributed by atoms with Gasteiger partial charge in [-0.25, -0.2) is 0 Å². The van der Waals surface area contributed by atoms with Crippen molar-refractivity contribution < 1.29 is 19.1 Å². The van der Waals surface area contributed by atoms with Crippen molar-refractivity contribution in [2.24, 2.45) is 46.3 Å². The monoisotopic (exact) mass is 777 g/mol. The summed E-state index contributed by atoms with van der Waals surface area (Å²) in [6, 6.07) is 8.41. The first-order valence-electron chi connectivity index (χ1n) is 23.0. The Kier molecular flexibility index (Phi) is 10.5. The van der Waals surface area contributed by atoms with Crippen molar-refractivity contribution in [2.45, 2.75) is 149 Å². The molecule has 4 saturated carbocycles. The summed E-state index contributed by atoms with van der Waals surface area (Å²) in [6.07, 6.45) is 20.8. The number of ether oxygens (including phenoxy) is 1. The molecule has 308 valence electrons. The van der Waals surface area contributed by atoms with Crippen LogP contribution in [0.15, 0.2) is 35.9 Å². The molecule has 0 aromatic heterocycles. The number of hydrogen-bond donors (Lipinski definition) is 3. The number of esters is 1. The highest BCUT2D eigenvalue weighted by molar-refractivity contribution is 6.28. The smallest absolute Gasteiger partial charge is 0.320 e. The second-order valence-corrected chi connectivity index (χ2v) is 20.4. The van der Waals surface area contributed by atoms with Crippen molar-refractivity contribution >= 4 is 39.9 Å². The number of nitrogens with zero attached hydrogens (tertiary/aromatic N) is 1. The Bertz CT molecular complexity index is 1870. The molecular formula is C49H68N4O4. The number of hydrogen-bond acceptors (Lipinski definition) is 7. The second-order valence-electron chi connectivity index (χ2n) is 20.4. The molecule has 4 fully saturated rings. The summed E-state index contributed by atoms with van der Waals surface area (Å²) in [5.74, 6) is 4.05. The van der Waals surface area contributed by atoms with E-state index >= 15 is 0 Å². The van der Waals surface area contributed by atoms with Crippen LogP contribution in [0.1, 0.15) is 152 Å². The maximum absolute atomic E-state index is 13.8. The van der Waals surface area contributed by atoms with Gasteiger partial charge in [-0.2, -0.15) is 0 Å². The van der Waals surface area contributed by atoms with Gasteiger partial charge in [-0.3, -0.25) is 19.3 Å². The number of amides is 2. The Hall–Kier alpha value is -3.39. The Balaban J connectivity index is 0.776. The Morgan fingerprint density at radius 1 is 0.860 bits per heavy atom. The van der Waals surface area contributed by atoms with Crippen LogP contribution in [0.2, 0.25) is 0 Å². The number of fused-ring (bicyclic) bond motifs is 6. The largest absolute Gasteiger partial charge is 0.461 e. The van der Waals surface area contributed by atoms with Crippen LogP contribution in [0.3, 0.4) is 0 Å². The van der Waals surface area contributed by atoms with E-state index in [-0.39, 0.29) is 42.4 Å². The number of rotatable bonds is 11. The number of anilines is 2. The molecule has 2 amide bonds. The van der Waals surface area contributed by atoms with E-state index in [0.29, 0.717) is 35.2 Å². The van der Waals surface area contributed by atoms with Crippen molar-refractivity contribution in [2.75, 3.05) is 30.3 Å². The van der Waals surface area contributed by atoms with E-state index in [4.69, 9.17) is 4.74 Å². The Labute approximate surface area is 341 Å². The maximum atomic E-state index is 13.8. The van der Waals surface area contributed by atoms with Crippen LogP contribution in [-0.2, 0) is 9.53 Å². The highest BCUT2D eigenvalue weighted by atomic mass is 16.5. The fourth-order valence-corrected chi connectivity index (χ4v) is 13.9. The average molecular weight is 777 g/mol. The van der Waals surface area contributed by atoms with Gasteiger partial charge in [-0.05, 0) is 128 Å². The average Bonchev–Trinajstić information content (AvgIpc) is 3.45. The van der Waals surface area contributed by atoms with Gasteiger partial charge in [0.2, 0.25) is 0 Å². The number of carbonyl (C=O) groups is 3. The Morgan fingerprint density at radius 2 is 1.56 bits per heavy atom. The molecule has 2 heterocycles. The van der Waals surface area contributed by atoms with Crippen LogP contribution < -0.4 is 16.0 Å². The van der Waals surface area contributed by atoms with E-state index in [9.17, 15) is 14.4 Å². The molecule has 0 saturated heterocycles. The lowest BCUT2D eigenvalue weighted by Crippen LogP contribution is -2.51. The molecule has 2 aromatic rings. The first kappa shape index (κ1) is 39.1. The fraction of sp³-hybridized carbons (Fsp3) is 0.694. The lowest BCUT2D eigenvalue weighted by molar-refractivity contribution is -0.150. The maximum Gasteiger partial charge on any atom is 0.320 e. The van der Waals surface area contributed by atoms with Crippen LogP contribution in [0.5, 0.6) is 0 Å². The summed E-state index contributed by atoms with van der Waals surface area (Å²) in [6.45, 7) is 13.0. The van der Waals surface area contributed by atoms with Crippen molar-refractivity contribution in [3.63, 3.8) is 0 Å². The quantitative estimate of drug-likeness (QED) is 0.0905. The van der Waals surface area contributed by atoms with Crippen LogP contribution in [-0.4, -0.2) is 60.5 Å². The van der Waals surface area contributed by atoms with Gasteiger partial charge < -0.3 is 20.7 Å². The third kappa shape index (κ3) is 6.82. The minimum atomic E-state index is -0.280. The first-order valence-corrected chi connectivity index (χ1v) is 23.0. The van der Waals surface area contributed by atoms with Crippen molar-refractivity contribution in [1.29, 1.82) is 0 Å². The van der Waals surface area contributed by atoms with E-state index in [1.54, 1.807) is 0 Å². The zero-order chi connectivity index (χ0) is 39.6. The minimum absolute atomic E-state index is 0.0591. The van der Waals surface area contributed by atoms with Crippen molar-refractivity contribution in [3.05, 3.63) is 47.0 Å². The molecule has 8 unspecified atom stereocenters. The van der Waals surface area contributed by atoms with Gasteiger partial charge in [-0.1, -0.05) is 78.4 Å². The predicted molar refractivity (Wildman–Crippen MR) is 228 cm³/mol. The molecule has 8 nitrogen and oxygen atoms in total. The van der Waals surface area contributed by atoms with Crippen LogP contribution >= 0.6 is 0 Å². The summed E-state index contributed by atoms with van der Waals surface area (Å²) in [5, 5.41) is 12.3. The predicted octanol–water partition coefficient (Wildman–Crippen LogP) is 10.1. The molecular weight excluding hydrogens is 709 g/mol. The molecule has 2 aromatic carbocycles. The third-order valence-corrected chi connectivity index (χ3v) is 16.9. The van der Waals surface area contributed by atoms with Crippen LogP contribution in [0, 0.1) is 46.3 Å². The fourth-order valence-electron chi connectivity index (χ4n) is 13.9. The highest BCUT2D eigenvalue weighted by Gasteiger charge is 2.59. The van der Waals surface area contributed by atoms with Crippen LogP contribution in [0.25, 0.3) is 10.8 Å². The van der Waals surface area contributed by atoms with E-state index in [0.717, 1.165) is 89.8 Å². The minimum Gasteiger partial charge on any atom is -0.461 e. The van der Waals surface area contributed by atoms with Gasteiger partial charge in [0.1, 0.15) is 6.10 Å². The standard InChI is InChI=1S/C49H68N4O4/c1-29(2)9-8-10-30(3)36-17-18-37-33-14-13-31-27-32(21-23-48(31,4)38(33)22-24-49(36,37)5)57-43(54)28-50-25-26-53-46(55)34-15-19-41-45-42(20-16-35(44(34)45)47(53)56)52-40-12-7-6-11-39(40)51-41/h13,15-16,19-20,29-30,32-33,36-40,50-52H,6-12,14,17-18,21-28H2,1-5H3/t30?,32?,33?,36?,37?,38?,39?,40?,48-,49+/m0/s1. The molecule has 5 aliphatic carbocycles. The number of allylic oxidation sites excluding steroid dienone is 1. The first-order chi connectivity index (χ1) is 27.5. The molecule has 2 aliphatic heterocycles. The molecule has 7 aliphatic rings. The molecule has 57 heavy (non-hydrogen) atoms. The lowest BCUT2D eigenvalue weighted by Gasteiger charge is -2.58. The Morgan fingerprint density at radius 3 is 2.25 bits per heavy atom. The van der Waals surface area contributed by atoms with E-state index in [1.807, 2.05) is 24.3 Å². The zero-order valence-corrected chi connectivity index (χ0v) is 35.4. The highest BCUT2D eigenvalue weighted by Crippen LogP contribution is 2.67. The summed E-state index contributed by atoms with van der Waals surface area (Å²) in [7, 11) is 0. The third-order valence-electron chi connectivity index (χ3n) is 16.9. The summed E-state index contributed by atoms with van der Waals surface area (Å²) in [5.41, 5.74) is 5.33. The second kappa shape index (κ2) is 15.3. The molecule has 10 atom stereocenters. The van der Waals surface area contributed by atoms with E-state index in [2.05, 4.69) is 56.6 Å². The lowest BCUT2D eigenvalue weighted by atomic mass is 9.47. The number of nitrogens with one attached hydrogen (secondary N) is 3. The van der Waals surface area contributed by atoms with Gasteiger partial charge in [0, 0.05) is 64.9 Å². The zero-order valence-electron chi connectivity index (χ0n) is 35.4. The summed E-state index contributed by atoms with van der Waals surface area (Å²) >= 11 is 0. The van der Waals surface area contributed by atoms with Gasteiger partial charge in [0.15, 0.2) is 0 Å². The van der Waals surface area contributed by atoms with E-state index in [1.165, 1.54) is 74.7 Å². The summed E-state index contributed by atoms with van der Waals surface area (Å²) < 4.78 is 6.10. The van der Waals surface area contributed by atoms with Gasteiger partial charge in [-0.15, -0.1) is 0 Å². The summed E-state index contributed by atoms with van der Waals surface area (Å²) in [4.78, 5) is 42.1.